The second-order valence-electron chi connectivity index (χ2n) is 7.49. The van der Waals surface area contributed by atoms with Crippen LogP contribution in [0.15, 0.2) is 47.5 Å². The molecule has 1 aromatic heterocycles. The third-order valence-corrected chi connectivity index (χ3v) is 6.70. The molecular formula is C21H23F3N2O2S. The highest BCUT2D eigenvalue weighted by atomic mass is 32.2. The van der Waals surface area contributed by atoms with Gasteiger partial charge in [0.2, 0.25) is 10.0 Å². The first kappa shape index (κ1) is 21.4. The van der Waals surface area contributed by atoms with Crippen molar-refractivity contribution in [2.24, 2.45) is 0 Å². The summed E-state index contributed by atoms with van der Waals surface area (Å²) in [7, 11) is -3.77. The van der Waals surface area contributed by atoms with Crippen LogP contribution in [0.5, 0.6) is 0 Å². The van der Waals surface area contributed by atoms with Crippen LogP contribution in [-0.4, -0.2) is 19.0 Å². The lowest BCUT2D eigenvalue weighted by molar-refractivity contribution is -0.137. The third-order valence-electron chi connectivity index (χ3n) is 4.80. The molecule has 0 fully saturated rings. The Bertz CT molecular complexity index is 1140. The van der Waals surface area contributed by atoms with E-state index < -0.39 is 27.8 Å². The van der Waals surface area contributed by atoms with Gasteiger partial charge in [0.1, 0.15) is 0 Å². The van der Waals surface area contributed by atoms with Gasteiger partial charge in [-0.3, -0.25) is 0 Å². The molecule has 8 heteroatoms. The fourth-order valence-electron chi connectivity index (χ4n) is 3.77. The summed E-state index contributed by atoms with van der Waals surface area (Å²) in [4.78, 5) is 0.242. The molecule has 0 radical (unpaired) electrons. The van der Waals surface area contributed by atoms with Crippen LogP contribution in [0.25, 0.3) is 10.9 Å². The summed E-state index contributed by atoms with van der Waals surface area (Å²) in [5.41, 5.74) is 1.97. The molecule has 1 N–H and O–H groups in total. The van der Waals surface area contributed by atoms with Crippen molar-refractivity contribution in [1.29, 1.82) is 0 Å². The van der Waals surface area contributed by atoms with Crippen molar-refractivity contribution >= 4 is 20.9 Å². The molecule has 2 aromatic carbocycles. The highest BCUT2D eigenvalue weighted by molar-refractivity contribution is 7.89. The Morgan fingerprint density at radius 2 is 1.66 bits per heavy atom. The van der Waals surface area contributed by atoms with E-state index in [0.717, 1.165) is 17.7 Å². The highest BCUT2D eigenvalue weighted by Gasteiger charge is 2.31. The predicted molar refractivity (Wildman–Crippen MR) is 107 cm³/mol. The maximum absolute atomic E-state index is 13.0. The fraction of sp³-hybridized carbons (Fsp3) is 0.333. The van der Waals surface area contributed by atoms with Crippen molar-refractivity contribution in [1.82, 2.24) is 9.29 Å². The van der Waals surface area contributed by atoms with Crippen molar-refractivity contribution in [3.8, 4) is 0 Å². The smallest absolute Gasteiger partial charge is 0.346 e. The molecule has 0 aliphatic rings. The largest absolute Gasteiger partial charge is 0.416 e. The standard InChI is InChI=1S/C21H23F3N2O2S/c1-13-9-14(2)20(15(3)10-13)29(27,28)25-16(4)12-26-8-7-17-5-6-18(11-19(17)26)21(22,23)24/h5-11,16,25H,12H2,1-4H3. The van der Waals surface area contributed by atoms with Gasteiger partial charge in [0.15, 0.2) is 0 Å². The molecule has 0 bridgehead atoms. The van der Waals surface area contributed by atoms with E-state index in [4.69, 9.17) is 0 Å². The zero-order valence-electron chi connectivity index (χ0n) is 16.6. The van der Waals surface area contributed by atoms with Crippen molar-refractivity contribution in [3.05, 3.63) is 64.8 Å². The molecule has 1 atom stereocenters. The number of alkyl halides is 3. The molecule has 0 saturated carbocycles. The van der Waals surface area contributed by atoms with Crippen LogP contribution in [0.2, 0.25) is 0 Å². The van der Waals surface area contributed by atoms with E-state index in [0.29, 0.717) is 22.0 Å². The zero-order valence-corrected chi connectivity index (χ0v) is 17.4. The highest BCUT2D eigenvalue weighted by Crippen LogP contribution is 2.32. The summed E-state index contributed by atoms with van der Waals surface area (Å²) >= 11 is 0. The quantitative estimate of drug-likeness (QED) is 0.630. The van der Waals surface area contributed by atoms with E-state index >= 15 is 0 Å². The maximum Gasteiger partial charge on any atom is 0.416 e. The van der Waals surface area contributed by atoms with Gasteiger partial charge in [0, 0.05) is 24.3 Å². The van der Waals surface area contributed by atoms with Crippen molar-refractivity contribution < 1.29 is 21.6 Å². The summed E-state index contributed by atoms with van der Waals surface area (Å²) < 4.78 is 69.2. The van der Waals surface area contributed by atoms with Crippen LogP contribution in [-0.2, 0) is 22.7 Å². The number of aryl methyl sites for hydroxylation is 3. The van der Waals surface area contributed by atoms with Gasteiger partial charge >= 0.3 is 6.18 Å². The second kappa shape index (κ2) is 7.50. The zero-order chi connectivity index (χ0) is 21.6. The molecule has 29 heavy (non-hydrogen) atoms. The number of hydrogen-bond donors (Lipinski definition) is 1. The molecule has 0 amide bonds. The minimum atomic E-state index is -4.43. The molecule has 3 rings (SSSR count). The van der Waals surface area contributed by atoms with Gasteiger partial charge in [-0.2, -0.15) is 13.2 Å². The first-order chi connectivity index (χ1) is 13.4. The molecule has 1 heterocycles. The average Bonchev–Trinajstić information content (AvgIpc) is 2.94. The topological polar surface area (TPSA) is 51.1 Å². The van der Waals surface area contributed by atoms with Gasteiger partial charge < -0.3 is 4.57 Å². The summed E-state index contributed by atoms with van der Waals surface area (Å²) in [6, 6.07) is 8.36. The number of nitrogens with one attached hydrogen (secondary N) is 1. The van der Waals surface area contributed by atoms with Gasteiger partial charge in [0.25, 0.3) is 0 Å². The lowest BCUT2D eigenvalue weighted by atomic mass is 10.1. The minimum Gasteiger partial charge on any atom is -0.346 e. The van der Waals surface area contributed by atoms with E-state index in [1.807, 2.05) is 19.1 Å². The molecule has 4 nitrogen and oxygen atoms in total. The Morgan fingerprint density at radius 3 is 2.24 bits per heavy atom. The predicted octanol–water partition coefficient (Wildman–Crippen LogP) is 4.95. The van der Waals surface area contributed by atoms with E-state index in [-0.39, 0.29) is 11.4 Å². The van der Waals surface area contributed by atoms with Gasteiger partial charge in [0.05, 0.1) is 10.5 Å². The van der Waals surface area contributed by atoms with E-state index in [1.54, 1.807) is 37.6 Å². The lowest BCUT2D eigenvalue weighted by Crippen LogP contribution is -2.36. The van der Waals surface area contributed by atoms with Crippen molar-refractivity contribution in [2.75, 3.05) is 0 Å². The minimum absolute atomic E-state index is 0.202. The molecule has 0 spiro atoms. The number of rotatable bonds is 5. The number of halogens is 3. The van der Waals surface area contributed by atoms with Gasteiger partial charge in [-0.25, -0.2) is 13.1 Å². The van der Waals surface area contributed by atoms with Crippen molar-refractivity contribution in [2.45, 2.75) is 51.4 Å². The van der Waals surface area contributed by atoms with Crippen LogP contribution < -0.4 is 4.72 Å². The van der Waals surface area contributed by atoms with Crippen LogP contribution in [0.3, 0.4) is 0 Å². The normalized spacial score (nSPS) is 13.8. The Labute approximate surface area is 168 Å². The number of aromatic nitrogens is 1. The van der Waals surface area contributed by atoms with Crippen molar-refractivity contribution in [3.63, 3.8) is 0 Å². The number of hydrogen-bond acceptors (Lipinski definition) is 2. The summed E-state index contributed by atoms with van der Waals surface area (Å²) in [5.74, 6) is 0. The first-order valence-corrected chi connectivity index (χ1v) is 10.6. The Kier molecular flexibility index (Phi) is 5.53. The van der Waals surface area contributed by atoms with Gasteiger partial charge in [-0.05, 0) is 62.4 Å². The number of sulfonamides is 1. The van der Waals surface area contributed by atoms with Crippen LogP contribution in [0, 0.1) is 20.8 Å². The van der Waals surface area contributed by atoms with Crippen LogP contribution in [0.1, 0.15) is 29.2 Å². The lowest BCUT2D eigenvalue weighted by Gasteiger charge is -2.19. The first-order valence-electron chi connectivity index (χ1n) is 9.15. The molecule has 0 aliphatic heterocycles. The van der Waals surface area contributed by atoms with Gasteiger partial charge in [-0.1, -0.05) is 23.8 Å². The van der Waals surface area contributed by atoms with E-state index in [9.17, 15) is 21.6 Å². The van der Waals surface area contributed by atoms with E-state index in [2.05, 4.69) is 4.72 Å². The number of nitrogens with zero attached hydrogens (tertiary/aromatic N) is 1. The monoisotopic (exact) mass is 424 g/mol. The molecule has 1 unspecified atom stereocenters. The molecule has 0 aliphatic carbocycles. The molecule has 156 valence electrons. The van der Waals surface area contributed by atoms with Gasteiger partial charge in [-0.15, -0.1) is 0 Å². The Hall–Kier alpha value is -2.32. The third kappa shape index (κ3) is 4.48. The van der Waals surface area contributed by atoms with E-state index in [1.165, 1.54) is 6.07 Å². The van der Waals surface area contributed by atoms with Crippen LogP contribution >= 0.6 is 0 Å². The maximum atomic E-state index is 13.0. The SMILES string of the molecule is Cc1cc(C)c(S(=O)(=O)NC(C)Cn2ccc3ccc(C(F)(F)F)cc32)c(C)c1. The number of benzene rings is 2. The molecule has 3 aromatic rings. The summed E-state index contributed by atoms with van der Waals surface area (Å²) in [6.45, 7) is 7.29. The number of fused-ring (bicyclic) bond motifs is 1. The summed E-state index contributed by atoms with van der Waals surface area (Å²) in [6.07, 6.45) is -2.77. The Morgan fingerprint density at radius 1 is 1.03 bits per heavy atom. The molecule has 0 saturated heterocycles. The summed E-state index contributed by atoms with van der Waals surface area (Å²) in [5, 5.41) is 0.665. The average molecular weight is 424 g/mol. The Balaban J connectivity index is 1.87. The molecular weight excluding hydrogens is 401 g/mol. The fourth-order valence-corrected chi connectivity index (χ4v) is 5.45. The second-order valence-corrected chi connectivity index (χ2v) is 9.14. The van der Waals surface area contributed by atoms with Crippen LogP contribution in [0.4, 0.5) is 13.2 Å².